The number of amides is 1. The summed E-state index contributed by atoms with van der Waals surface area (Å²) in [5.41, 5.74) is 1.78. The Morgan fingerprint density at radius 1 is 1.37 bits per heavy atom. The third kappa shape index (κ3) is 3.89. The molecule has 0 atom stereocenters. The molecule has 100 valence electrons. The number of halogens is 1. The fourth-order valence-electron chi connectivity index (χ4n) is 1.57. The van der Waals surface area contributed by atoms with Crippen molar-refractivity contribution in [1.82, 2.24) is 15.5 Å². The molecule has 1 aromatic heterocycles. The number of rotatable bonds is 5. The van der Waals surface area contributed by atoms with Crippen LogP contribution in [0.4, 0.5) is 0 Å². The third-order valence-corrected chi connectivity index (χ3v) is 3.21. The Kier molecular flexibility index (Phi) is 4.68. The molecule has 5 nitrogen and oxygen atoms in total. The van der Waals surface area contributed by atoms with Crippen LogP contribution >= 0.6 is 15.9 Å². The fraction of sp³-hybridized carbons (Fsp3) is 0.308. The Labute approximate surface area is 119 Å². The maximum absolute atomic E-state index is 11.9. The molecule has 0 unspecified atom stereocenters. The van der Waals surface area contributed by atoms with E-state index in [1.54, 1.807) is 6.92 Å². The molecular weight excluding hydrogens is 310 g/mol. The van der Waals surface area contributed by atoms with E-state index in [0.29, 0.717) is 30.2 Å². The molecule has 1 N–H and O–H groups in total. The van der Waals surface area contributed by atoms with Gasteiger partial charge in [-0.3, -0.25) is 4.79 Å². The number of nitrogens with one attached hydrogen (secondary N) is 1. The Bertz CT molecular complexity index is 551. The molecule has 0 aliphatic carbocycles. The summed E-state index contributed by atoms with van der Waals surface area (Å²) in [6.07, 6.45) is 0.534. The lowest BCUT2D eigenvalue weighted by Gasteiger charge is -2.04. The zero-order chi connectivity index (χ0) is 13.7. The molecule has 0 spiro atoms. The molecule has 0 bridgehead atoms. The van der Waals surface area contributed by atoms with Crippen LogP contribution in [0.15, 0.2) is 28.8 Å². The Morgan fingerprint density at radius 3 is 2.68 bits per heavy atom. The number of nitrogens with zero attached hydrogens (tertiary/aromatic N) is 2. The van der Waals surface area contributed by atoms with Crippen LogP contribution in [0.3, 0.4) is 0 Å². The second kappa shape index (κ2) is 6.47. The molecule has 1 heterocycles. The molecule has 0 saturated carbocycles. The van der Waals surface area contributed by atoms with E-state index >= 15 is 0 Å². The van der Waals surface area contributed by atoms with Gasteiger partial charge in [-0.25, -0.2) is 0 Å². The molecule has 19 heavy (non-hydrogen) atoms. The van der Waals surface area contributed by atoms with Crippen LogP contribution in [0.25, 0.3) is 0 Å². The summed E-state index contributed by atoms with van der Waals surface area (Å²) in [5, 5.41) is 7.29. The zero-order valence-corrected chi connectivity index (χ0v) is 12.1. The van der Waals surface area contributed by atoms with Crippen LogP contribution < -0.4 is 5.32 Å². The molecule has 0 aliphatic rings. The van der Waals surface area contributed by atoms with Gasteiger partial charge in [0.15, 0.2) is 5.82 Å². The van der Waals surface area contributed by atoms with Gasteiger partial charge in [0.25, 0.3) is 5.91 Å². The van der Waals surface area contributed by atoms with E-state index in [4.69, 9.17) is 4.52 Å². The van der Waals surface area contributed by atoms with Crippen LogP contribution in [0.2, 0.25) is 0 Å². The number of hydrogen-bond acceptors (Lipinski definition) is 4. The van der Waals surface area contributed by atoms with Crippen molar-refractivity contribution in [1.29, 1.82) is 0 Å². The minimum Gasteiger partial charge on any atom is -0.352 e. The summed E-state index contributed by atoms with van der Waals surface area (Å²) in [7, 11) is 0. The average Bonchev–Trinajstić information content (AvgIpc) is 2.84. The zero-order valence-electron chi connectivity index (χ0n) is 10.5. The lowest BCUT2D eigenvalue weighted by Crippen LogP contribution is -2.25. The molecule has 2 rings (SSSR count). The van der Waals surface area contributed by atoms with Crippen molar-refractivity contribution in [3.8, 4) is 0 Å². The summed E-state index contributed by atoms with van der Waals surface area (Å²) in [6.45, 7) is 2.23. The van der Waals surface area contributed by atoms with Crippen molar-refractivity contribution in [2.45, 2.75) is 18.7 Å². The van der Waals surface area contributed by atoms with Gasteiger partial charge < -0.3 is 9.84 Å². The second-order valence-corrected chi connectivity index (χ2v) is 4.63. The number of aryl methyl sites for hydroxylation is 1. The summed E-state index contributed by atoms with van der Waals surface area (Å²) in [4.78, 5) is 15.9. The summed E-state index contributed by atoms with van der Waals surface area (Å²) < 4.78 is 4.96. The summed E-state index contributed by atoms with van der Waals surface area (Å²) in [6, 6.07) is 7.46. The van der Waals surface area contributed by atoms with Gasteiger partial charge in [-0.1, -0.05) is 33.2 Å². The van der Waals surface area contributed by atoms with Gasteiger partial charge in [-0.2, -0.15) is 4.98 Å². The SMILES string of the molecule is Cc1noc(CCNC(=O)c2ccc(CBr)cc2)n1. The van der Waals surface area contributed by atoms with Gasteiger partial charge in [0.05, 0.1) is 0 Å². The molecule has 0 fully saturated rings. The van der Waals surface area contributed by atoms with E-state index in [1.807, 2.05) is 24.3 Å². The number of benzene rings is 1. The average molecular weight is 324 g/mol. The Morgan fingerprint density at radius 2 is 2.11 bits per heavy atom. The van der Waals surface area contributed by atoms with Crippen molar-refractivity contribution in [3.05, 3.63) is 47.1 Å². The molecule has 0 saturated heterocycles. The highest BCUT2D eigenvalue weighted by Gasteiger charge is 2.06. The van der Waals surface area contributed by atoms with Crippen molar-refractivity contribution in [2.24, 2.45) is 0 Å². The summed E-state index contributed by atoms with van der Waals surface area (Å²) >= 11 is 3.37. The number of aromatic nitrogens is 2. The topological polar surface area (TPSA) is 68.0 Å². The molecule has 1 amide bonds. The predicted octanol–water partition coefficient (Wildman–Crippen LogP) is 2.25. The number of hydrogen-bond donors (Lipinski definition) is 1. The maximum Gasteiger partial charge on any atom is 0.251 e. The van der Waals surface area contributed by atoms with Crippen LogP contribution in [0.1, 0.15) is 27.6 Å². The molecular formula is C13H14BrN3O2. The minimum atomic E-state index is -0.0997. The van der Waals surface area contributed by atoms with Crippen molar-refractivity contribution < 1.29 is 9.32 Å². The van der Waals surface area contributed by atoms with Gasteiger partial charge in [0, 0.05) is 23.9 Å². The molecule has 0 aliphatic heterocycles. The second-order valence-electron chi connectivity index (χ2n) is 4.07. The molecule has 0 radical (unpaired) electrons. The third-order valence-electron chi connectivity index (χ3n) is 2.56. The number of carbonyl (C=O) groups excluding carboxylic acids is 1. The van der Waals surface area contributed by atoms with Gasteiger partial charge in [-0.05, 0) is 24.6 Å². The van der Waals surface area contributed by atoms with Gasteiger partial charge >= 0.3 is 0 Å². The van der Waals surface area contributed by atoms with Crippen LogP contribution in [0, 0.1) is 6.92 Å². The summed E-state index contributed by atoms with van der Waals surface area (Å²) in [5.74, 6) is 1.04. The van der Waals surface area contributed by atoms with Gasteiger partial charge in [0.1, 0.15) is 0 Å². The standard InChI is InChI=1S/C13H14BrN3O2/c1-9-16-12(19-17-9)6-7-15-13(18)11-4-2-10(8-14)3-5-11/h2-5H,6-8H2,1H3,(H,15,18). The highest BCUT2D eigenvalue weighted by Crippen LogP contribution is 2.07. The van der Waals surface area contributed by atoms with E-state index in [9.17, 15) is 4.79 Å². The number of carbonyl (C=O) groups is 1. The van der Waals surface area contributed by atoms with Gasteiger partial charge in [0.2, 0.25) is 5.89 Å². The Balaban J connectivity index is 1.83. The van der Waals surface area contributed by atoms with E-state index < -0.39 is 0 Å². The fourth-order valence-corrected chi connectivity index (χ4v) is 1.95. The highest BCUT2D eigenvalue weighted by atomic mass is 79.9. The normalized spacial score (nSPS) is 10.4. The lowest BCUT2D eigenvalue weighted by atomic mass is 10.1. The molecule has 6 heteroatoms. The van der Waals surface area contributed by atoms with Crippen molar-refractivity contribution in [2.75, 3.05) is 6.54 Å². The first-order valence-corrected chi connectivity index (χ1v) is 7.03. The predicted molar refractivity (Wildman–Crippen MR) is 74.1 cm³/mol. The van der Waals surface area contributed by atoms with Crippen molar-refractivity contribution in [3.63, 3.8) is 0 Å². The van der Waals surface area contributed by atoms with Crippen LogP contribution in [-0.2, 0) is 11.8 Å². The smallest absolute Gasteiger partial charge is 0.251 e. The highest BCUT2D eigenvalue weighted by molar-refractivity contribution is 9.08. The monoisotopic (exact) mass is 323 g/mol. The molecule has 2 aromatic rings. The van der Waals surface area contributed by atoms with Crippen LogP contribution in [-0.4, -0.2) is 22.6 Å². The van der Waals surface area contributed by atoms with E-state index in [-0.39, 0.29) is 5.91 Å². The minimum absolute atomic E-state index is 0.0997. The number of alkyl halides is 1. The lowest BCUT2D eigenvalue weighted by molar-refractivity contribution is 0.0953. The van der Waals surface area contributed by atoms with E-state index in [2.05, 4.69) is 31.4 Å². The first-order valence-electron chi connectivity index (χ1n) is 5.91. The quantitative estimate of drug-likeness (QED) is 0.857. The first kappa shape index (κ1) is 13.7. The molecule has 1 aromatic carbocycles. The largest absolute Gasteiger partial charge is 0.352 e. The van der Waals surface area contributed by atoms with E-state index in [1.165, 1.54) is 0 Å². The Hall–Kier alpha value is -1.69. The maximum atomic E-state index is 11.9. The van der Waals surface area contributed by atoms with E-state index in [0.717, 1.165) is 10.9 Å². The van der Waals surface area contributed by atoms with Crippen molar-refractivity contribution >= 4 is 21.8 Å². The first-order chi connectivity index (χ1) is 9.19. The van der Waals surface area contributed by atoms with Crippen LogP contribution in [0.5, 0.6) is 0 Å². The van der Waals surface area contributed by atoms with Gasteiger partial charge in [-0.15, -0.1) is 0 Å².